The normalized spacial score (nSPS) is 23.3. The molecule has 0 saturated heterocycles. The van der Waals surface area contributed by atoms with Crippen LogP contribution in [-0.2, 0) is 5.41 Å². The van der Waals surface area contributed by atoms with E-state index in [0.29, 0.717) is 13.1 Å². The highest BCUT2D eigenvalue weighted by Gasteiger charge is 2.50. The van der Waals surface area contributed by atoms with Gasteiger partial charge in [0.1, 0.15) is 6.61 Å². The molecule has 2 aliphatic carbocycles. The van der Waals surface area contributed by atoms with Gasteiger partial charge in [0.05, 0.1) is 12.0 Å². The van der Waals surface area contributed by atoms with Crippen LogP contribution in [0.3, 0.4) is 0 Å². The molecule has 3 aromatic rings. The highest BCUT2D eigenvalue weighted by Crippen LogP contribution is 2.51. The molecule has 0 spiro atoms. The first-order chi connectivity index (χ1) is 22.7. The summed E-state index contributed by atoms with van der Waals surface area (Å²) in [5.41, 5.74) is 8.25. The van der Waals surface area contributed by atoms with Gasteiger partial charge in [-0.1, -0.05) is 98.3 Å². The molecule has 0 fully saturated rings. The molecule has 4 aliphatic rings. The predicted octanol–water partition coefficient (Wildman–Crippen LogP) is 6.86. The maximum atomic E-state index is 10.1. The van der Waals surface area contributed by atoms with Crippen LogP contribution in [0.1, 0.15) is 58.9 Å². The molecule has 0 saturated carbocycles. The third kappa shape index (κ3) is 5.26. The van der Waals surface area contributed by atoms with Gasteiger partial charge in [0.2, 0.25) is 0 Å². The van der Waals surface area contributed by atoms with Crippen LogP contribution in [0.25, 0.3) is 22.4 Å². The van der Waals surface area contributed by atoms with Crippen molar-refractivity contribution in [3.05, 3.63) is 123 Å². The van der Waals surface area contributed by atoms with Crippen molar-refractivity contribution in [2.75, 3.05) is 31.2 Å². The number of fused-ring (bicyclic) bond motifs is 5. The SMILES string of the molecule is CC1(C)C2=c3ccccc3=CCC2[N+](CCO)=C1/C=C/C1=C(Cl)C(=C/C=C2/N(CCO)c3ccc4ccccc4c3C2(C)C)/CCC1. The number of halogens is 1. The lowest BCUT2D eigenvalue weighted by Gasteiger charge is -2.27. The summed E-state index contributed by atoms with van der Waals surface area (Å²) in [5, 5.41) is 26.1. The van der Waals surface area contributed by atoms with Gasteiger partial charge in [0.15, 0.2) is 18.3 Å². The van der Waals surface area contributed by atoms with Gasteiger partial charge in [-0.15, -0.1) is 0 Å². The minimum atomic E-state index is -0.235. The highest BCUT2D eigenvalue weighted by molar-refractivity contribution is 6.32. The molecule has 2 N–H and O–H groups in total. The molecular formula is C42H46ClN2O2+. The van der Waals surface area contributed by atoms with E-state index in [0.717, 1.165) is 41.9 Å². The molecule has 3 aromatic carbocycles. The zero-order valence-corrected chi connectivity index (χ0v) is 28.8. The van der Waals surface area contributed by atoms with E-state index in [1.165, 1.54) is 49.4 Å². The quantitative estimate of drug-likeness (QED) is 0.276. The van der Waals surface area contributed by atoms with E-state index >= 15 is 0 Å². The van der Waals surface area contributed by atoms with Gasteiger partial charge in [-0.05, 0) is 83.2 Å². The van der Waals surface area contributed by atoms with Crippen LogP contribution in [0.4, 0.5) is 5.69 Å². The molecule has 4 nitrogen and oxygen atoms in total. The van der Waals surface area contributed by atoms with Crippen molar-refractivity contribution in [1.29, 1.82) is 0 Å². The molecule has 0 aromatic heterocycles. The molecule has 1 unspecified atom stereocenters. The summed E-state index contributed by atoms with van der Waals surface area (Å²) in [7, 11) is 0. The molecule has 47 heavy (non-hydrogen) atoms. The van der Waals surface area contributed by atoms with Crippen LogP contribution in [0, 0.1) is 5.41 Å². The van der Waals surface area contributed by atoms with Crippen LogP contribution in [-0.4, -0.2) is 52.8 Å². The number of allylic oxidation sites excluding steroid dienone is 8. The van der Waals surface area contributed by atoms with Crippen molar-refractivity contribution in [3.63, 3.8) is 0 Å². The van der Waals surface area contributed by atoms with Crippen molar-refractivity contribution in [2.45, 2.75) is 64.8 Å². The first-order valence-corrected chi connectivity index (χ1v) is 17.5. The second-order valence-corrected chi connectivity index (χ2v) is 14.7. The molecular weight excluding hydrogens is 600 g/mol. The van der Waals surface area contributed by atoms with Crippen LogP contribution in [0.15, 0.2) is 107 Å². The van der Waals surface area contributed by atoms with Gasteiger partial charge in [-0.25, -0.2) is 4.58 Å². The smallest absolute Gasteiger partial charge is 0.186 e. The summed E-state index contributed by atoms with van der Waals surface area (Å²) < 4.78 is 2.41. The lowest BCUT2D eigenvalue weighted by atomic mass is 9.76. The van der Waals surface area contributed by atoms with Crippen molar-refractivity contribution in [2.24, 2.45) is 5.41 Å². The summed E-state index contributed by atoms with van der Waals surface area (Å²) in [6.45, 7) is 10.6. The summed E-state index contributed by atoms with van der Waals surface area (Å²) in [6.07, 6.45) is 15.2. The van der Waals surface area contributed by atoms with Gasteiger partial charge < -0.3 is 15.1 Å². The summed E-state index contributed by atoms with van der Waals surface area (Å²) >= 11 is 7.22. The third-order valence-electron chi connectivity index (χ3n) is 10.9. The van der Waals surface area contributed by atoms with Crippen LogP contribution in [0.5, 0.6) is 0 Å². The van der Waals surface area contributed by atoms with Crippen molar-refractivity contribution >= 4 is 45.4 Å². The minimum Gasteiger partial charge on any atom is -0.395 e. The molecule has 5 heteroatoms. The van der Waals surface area contributed by atoms with E-state index in [9.17, 15) is 10.2 Å². The fourth-order valence-corrected chi connectivity index (χ4v) is 9.10. The second-order valence-electron chi connectivity index (χ2n) is 14.3. The number of aliphatic hydroxyl groups is 2. The lowest BCUT2D eigenvalue weighted by Crippen LogP contribution is -2.39. The Bertz CT molecular complexity index is 2040. The van der Waals surface area contributed by atoms with Crippen LogP contribution < -0.4 is 15.3 Å². The van der Waals surface area contributed by atoms with Gasteiger partial charge in [-0.3, -0.25) is 0 Å². The zero-order valence-electron chi connectivity index (χ0n) is 28.1. The Labute approximate surface area is 283 Å². The van der Waals surface area contributed by atoms with Gasteiger partial charge in [-0.2, -0.15) is 0 Å². The maximum absolute atomic E-state index is 10.1. The molecule has 0 bridgehead atoms. The Morgan fingerprint density at radius 1 is 0.894 bits per heavy atom. The summed E-state index contributed by atoms with van der Waals surface area (Å²) in [5.74, 6) is 0. The van der Waals surface area contributed by atoms with Crippen LogP contribution >= 0.6 is 11.6 Å². The Kier molecular flexibility index (Phi) is 8.41. The van der Waals surface area contributed by atoms with E-state index in [2.05, 4.69) is 128 Å². The number of aliphatic hydroxyl groups excluding tert-OH is 2. The Morgan fingerprint density at radius 2 is 1.68 bits per heavy atom. The van der Waals surface area contributed by atoms with Gasteiger partial charge in [0.25, 0.3) is 0 Å². The largest absolute Gasteiger partial charge is 0.395 e. The molecule has 242 valence electrons. The average molecular weight is 646 g/mol. The molecule has 0 amide bonds. The fourth-order valence-electron chi connectivity index (χ4n) is 8.79. The number of β-amino-alcohol motifs (C(OH)–C–C–N with tert-alkyl or cyclic N) is 2. The fraction of sp³-hybridized carbons (Fsp3) is 0.357. The van der Waals surface area contributed by atoms with Crippen molar-refractivity contribution in [1.82, 2.24) is 0 Å². The number of rotatable bonds is 7. The number of benzene rings is 3. The lowest BCUT2D eigenvalue weighted by molar-refractivity contribution is -0.547. The predicted molar refractivity (Wildman–Crippen MR) is 196 cm³/mol. The Morgan fingerprint density at radius 3 is 2.49 bits per heavy atom. The number of hydrogen-bond donors (Lipinski definition) is 2. The van der Waals surface area contributed by atoms with Gasteiger partial charge >= 0.3 is 0 Å². The summed E-state index contributed by atoms with van der Waals surface area (Å²) in [6, 6.07) is 21.9. The standard InChI is InChI=1S/C42H46ClN2O2/c1-41(2)36(44(24-26-46)34-20-16-28-10-5-7-14-32(28)38(34)41)22-18-30-12-9-13-31(40(30)43)19-23-37-42(3,4)39-33-15-8-6-11-29(33)17-21-35(39)45(37)25-27-47/h5-8,10-11,14-20,22-23,35,46-47H,9,12-13,21,24-27H2,1-4H3/q+1. The van der Waals surface area contributed by atoms with E-state index in [1.54, 1.807) is 0 Å². The van der Waals surface area contributed by atoms with Crippen molar-refractivity contribution < 1.29 is 14.8 Å². The van der Waals surface area contributed by atoms with E-state index in [4.69, 9.17) is 11.6 Å². The number of anilines is 1. The highest BCUT2D eigenvalue weighted by atomic mass is 35.5. The molecule has 0 radical (unpaired) electrons. The Hall–Kier alpha value is -3.70. The average Bonchev–Trinajstić information content (AvgIpc) is 3.42. The van der Waals surface area contributed by atoms with E-state index in [1.807, 2.05) is 0 Å². The van der Waals surface area contributed by atoms with Gasteiger partial charge in [0, 0.05) is 46.4 Å². The monoisotopic (exact) mass is 645 g/mol. The molecule has 2 heterocycles. The first kappa shape index (κ1) is 31.9. The van der Waals surface area contributed by atoms with Crippen LogP contribution in [0.2, 0.25) is 0 Å². The Balaban J connectivity index is 1.25. The number of hydrogen-bond acceptors (Lipinski definition) is 3. The summed E-state index contributed by atoms with van der Waals surface area (Å²) in [4.78, 5) is 2.28. The van der Waals surface area contributed by atoms with E-state index < -0.39 is 0 Å². The third-order valence-corrected chi connectivity index (χ3v) is 11.4. The second kappa shape index (κ2) is 12.4. The van der Waals surface area contributed by atoms with Crippen molar-refractivity contribution in [3.8, 4) is 0 Å². The zero-order chi connectivity index (χ0) is 32.9. The maximum Gasteiger partial charge on any atom is 0.186 e. The molecule has 2 aliphatic heterocycles. The molecule has 1 atom stereocenters. The first-order valence-electron chi connectivity index (χ1n) is 17.1. The topological polar surface area (TPSA) is 46.7 Å². The minimum absolute atomic E-state index is 0.0813. The number of nitrogens with zero attached hydrogens (tertiary/aromatic N) is 2. The van der Waals surface area contributed by atoms with E-state index in [-0.39, 0.29) is 30.1 Å². The molecule has 7 rings (SSSR count).